The summed E-state index contributed by atoms with van der Waals surface area (Å²) >= 11 is 0. The molecule has 1 aliphatic rings. The molecule has 3 aromatic rings. The molecule has 3 aromatic heterocycles. The summed E-state index contributed by atoms with van der Waals surface area (Å²) in [6.07, 6.45) is 8.41. The molecule has 27 heavy (non-hydrogen) atoms. The number of carbonyl (C=O) groups is 1. The molecule has 1 fully saturated rings. The average molecular weight is 363 g/mol. The van der Waals surface area contributed by atoms with Crippen LogP contribution in [0.4, 0.5) is 0 Å². The second kappa shape index (κ2) is 7.26. The van der Waals surface area contributed by atoms with Crippen molar-refractivity contribution in [2.45, 2.75) is 32.6 Å². The Balaban J connectivity index is 1.51. The highest BCUT2D eigenvalue weighted by molar-refractivity contribution is 5.93. The number of pyridine rings is 1. The average Bonchev–Trinajstić information content (AvgIpc) is 3.06. The molecule has 0 spiro atoms. The van der Waals surface area contributed by atoms with E-state index in [9.17, 15) is 4.79 Å². The number of rotatable bonds is 3. The topological polar surface area (TPSA) is 85.0 Å². The highest BCUT2D eigenvalue weighted by Crippen LogP contribution is 2.30. The van der Waals surface area contributed by atoms with Crippen molar-refractivity contribution in [3.63, 3.8) is 0 Å². The third-order valence-electron chi connectivity index (χ3n) is 5.04. The van der Waals surface area contributed by atoms with Gasteiger partial charge in [0.1, 0.15) is 12.1 Å². The molecule has 0 N–H and O–H groups in total. The number of aromatic nitrogens is 4. The van der Waals surface area contributed by atoms with Crippen LogP contribution in [0.25, 0.3) is 11.1 Å². The molecule has 0 bridgehead atoms. The molecule has 138 valence electrons. The number of amides is 1. The first-order valence-corrected chi connectivity index (χ1v) is 9.07. The van der Waals surface area contributed by atoms with Gasteiger partial charge in [0.25, 0.3) is 5.91 Å². The lowest BCUT2D eigenvalue weighted by Crippen LogP contribution is -2.39. The monoisotopic (exact) mass is 363 g/mol. The Bertz CT molecular complexity index is 917. The van der Waals surface area contributed by atoms with Gasteiger partial charge in [0.2, 0.25) is 0 Å². The minimum Gasteiger partial charge on any atom is -0.361 e. The van der Waals surface area contributed by atoms with E-state index in [1.54, 1.807) is 12.4 Å². The maximum atomic E-state index is 12.7. The summed E-state index contributed by atoms with van der Waals surface area (Å²) in [5.74, 6) is 1.00. The fourth-order valence-corrected chi connectivity index (χ4v) is 3.68. The van der Waals surface area contributed by atoms with Crippen molar-refractivity contribution >= 4 is 5.91 Å². The van der Waals surface area contributed by atoms with Crippen LogP contribution in [0.3, 0.4) is 0 Å². The van der Waals surface area contributed by atoms with E-state index in [-0.39, 0.29) is 11.8 Å². The van der Waals surface area contributed by atoms with Crippen LogP contribution in [0.5, 0.6) is 0 Å². The van der Waals surface area contributed by atoms with Crippen LogP contribution in [0.1, 0.15) is 46.3 Å². The predicted molar refractivity (Wildman–Crippen MR) is 99.1 cm³/mol. The summed E-state index contributed by atoms with van der Waals surface area (Å²) in [6, 6.07) is 4.10. The summed E-state index contributed by atoms with van der Waals surface area (Å²) in [4.78, 5) is 27.1. The van der Waals surface area contributed by atoms with E-state index >= 15 is 0 Å². The summed E-state index contributed by atoms with van der Waals surface area (Å²) in [5, 5.41) is 4.01. The van der Waals surface area contributed by atoms with Crippen molar-refractivity contribution < 1.29 is 9.32 Å². The molecule has 4 heterocycles. The molecule has 0 aliphatic carbocycles. The maximum Gasteiger partial charge on any atom is 0.257 e. The molecule has 0 radical (unpaired) electrons. The lowest BCUT2D eigenvalue weighted by Gasteiger charge is -2.32. The van der Waals surface area contributed by atoms with Crippen LogP contribution in [0.2, 0.25) is 0 Å². The van der Waals surface area contributed by atoms with E-state index in [0.717, 1.165) is 47.7 Å². The van der Waals surface area contributed by atoms with Crippen LogP contribution in [0, 0.1) is 13.8 Å². The Morgan fingerprint density at radius 3 is 2.67 bits per heavy atom. The largest absolute Gasteiger partial charge is 0.361 e. The highest BCUT2D eigenvalue weighted by atomic mass is 16.5. The van der Waals surface area contributed by atoms with Gasteiger partial charge >= 0.3 is 0 Å². The summed E-state index contributed by atoms with van der Waals surface area (Å²) < 4.78 is 5.25. The number of likely N-dealkylation sites (tertiary alicyclic amines) is 1. The van der Waals surface area contributed by atoms with Crippen molar-refractivity contribution in [2.75, 3.05) is 13.1 Å². The maximum absolute atomic E-state index is 12.7. The van der Waals surface area contributed by atoms with Crippen molar-refractivity contribution in [3.05, 3.63) is 59.8 Å². The van der Waals surface area contributed by atoms with Gasteiger partial charge in [-0.05, 0) is 32.8 Å². The Morgan fingerprint density at radius 1 is 1.19 bits per heavy atom. The minimum absolute atomic E-state index is 0.0207. The van der Waals surface area contributed by atoms with Gasteiger partial charge in [0.05, 0.1) is 11.3 Å². The number of nitrogens with zero attached hydrogens (tertiary/aromatic N) is 5. The van der Waals surface area contributed by atoms with Gasteiger partial charge in [-0.15, -0.1) is 0 Å². The number of piperidine rings is 1. The number of hydrogen-bond donors (Lipinski definition) is 0. The Morgan fingerprint density at radius 2 is 2.00 bits per heavy atom. The molecule has 1 atom stereocenters. The Kier molecular flexibility index (Phi) is 4.66. The second-order valence-corrected chi connectivity index (χ2v) is 6.89. The van der Waals surface area contributed by atoms with E-state index in [4.69, 9.17) is 4.52 Å². The number of aryl methyl sites for hydroxylation is 2. The predicted octanol–water partition coefficient (Wildman–Crippen LogP) is 3.16. The van der Waals surface area contributed by atoms with Gasteiger partial charge < -0.3 is 9.42 Å². The van der Waals surface area contributed by atoms with Crippen molar-refractivity contribution in [1.29, 1.82) is 0 Å². The standard InChI is InChI=1S/C20H21N5O2/c1-13-19(14(2)27-24-13)15-5-6-18(23-10-15)16-4-3-7-25(11-16)20(26)17-8-21-12-22-9-17/h5-6,8-10,12,16H,3-4,7,11H2,1-2H3. The molecular formula is C20H21N5O2. The van der Waals surface area contributed by atoms with E-state index < -0.39 is 0 Å². The number of hydrogen-bond acceptors (Lipinski definition) is 6. The lowest BCUT2D eigenvalue weighted by molar-refractivity contribution is 0.0705. The second-order valence-electron chi connectivity index (χ2n) is 6.89. The van der Waals surface area contributed by atoms with E-state index in [1.165, 1.54) is 6.33 Å². The van der Waals surface area contributed by atoms with E-state index in [2.05, 4.69) is 26.2 Å². The van der Waals surface area contributed by atoms with Crippen molar-refractivity contribution in [3.8, 4) is 11.1 Å². The first kappa shape index (κ1) is 17.3. The van der Waals surface area contributed by atoms with Crippen LogP contribution in [-0.2, 0) is 0 Å². The molecule has 1 amide bonds. The van der Waals surface area contributed by atoms with Crippen molar-refractivity contribution in [1.82, 2.24) is 25.0 Å². The SMILES string of the molecule is Cc1noc(C)c1-c1ccc(C2CCCN(C(=O)c3cncnc3)C2)nc1. The van der Waals surface area contributed by atoms with E-state index in [1.807, 2.05) is 31.0 Å². The quantitative estimate of drug-likeness (QED) is 0.710. The third kappa shape index (κ3) is 3.45. The fraction of sp³-hybridized carbons (Fsp3) is 0.350. The third-order valence-corrected chi connectivity index (χ3v) is 5.04. The van der Waals surface area contributed by atoms with Crippen LogP contribution >= 0.6 is 0 Å². The minimum atomic E-state index is -0.0207. The molecular weight excluding hydrogens is 342 g/mol. The summed E-state index contributed by atoms with van der Waals surface area (Å²) in [7, 11) is 0. The fourth-order valence-electron chi connectivity index (χ4n) is 3.68. The first-order chi connectivity index (χ1) is 13.1. The Labute approximate surface area is 157 Å². The molecule has 0 saturated carbocycles. The van der Waals surface area contributed by atoms with Gasteiger partial charge in [-0.25, -0.2) is 9.97 Å². The molecule has 4 rings (SSSR count). The zero-order valence-corrected chi connectivity index (χ0v) is 15.4. The van der Waals surface area contributed by atoms with Crippen LogP contribution in [0.15, 0.2) is 41.6 Å². The Hall–Kier alpha value is -3.09. The van der Waals surface area contributed by atoms with Crippen molar-refractivity contribution in [2.24, 2.45) is 0 Å². The smallest absolute Gasteiger partial charge is 0.257 e. The molecule has 1 saturated heterocycles. The lowest BCUT2D eigenvalue weighted by atomic mass is 9.93. The molecule has 1 unspecified atom stereocenters. The molecule has 7 heteroatoms. The van der Waals surface area contributed by atoms with Crippen LogP contribution in [-0.4, -0.2) is 44.0 Å². The summed E-state index contributed by atoms with van der Waals surface area (Å²) in [5.41, 5.74) is 4.40. The molecule has 1 aliphatic heterocycles. The molecule has 0 aromatic carbocycles. The van der Waals surface area contributed by atoms with E-state index in [0.29, 0.717) is 12.1 Å². The first-order valence-electron chi connectivity index (χ1n) is 9.07. The van der Waals surface area contributed by atoms with Gasteiger partial charge in [-0.3, -0.25) is 9.78 Å². The van der Waals surface area contributed by atoms with Gasteiger partial charge in [-0.1, -0.05) is 11.2 Å². The zero-order valence-electron chi connectivity index (χ0n) is 15.4. The van der Waals surface area contributed by atoms with Crippen LogP contribution < -0.4 is 0 Å². The van der Waals surface area contributed by atoms with Gasteiger partial charge in [-0.2, -0.15) is 0 Å². The molecule has 7 nitrogen and oxygen atoms in total. The highest BCUT2D eigenvalue weighted by Gasteiger charge is 2.26. The normalized spacial score (nSPS) is 17.1. The zero-order chi connectivity index (χ0) is 18.8. The van der Waals surface area contributed by atoms with Gasteiger partial charge in [0, 0.05) is 54.4 Å². The summed E-state index contributed by atoms with van der Waals surface area (Å²) in [6.45, 7) is 5.24. The number of carbonyl (C=O) groups excluding carboxylic acids is 1. The van der Waals surface area contributed by atoms with Gasteiger partial charge in [0.15, 0.2) is 0 Å².